The number of hydrogen-bond acceptors (Lipinski definition) is 3. The van der Waals surface area contributed by atoms with Gasteiger partial charge in [0.05, 0.1) is 4.88 Å². The lowest BCUT2D eigenvalue weighted by molar-refractivity contribution is -0.139. The third-order valence-corrected chi connectivity index (χ3v) is 4.69. The lowest BCUT2D eigenvalue weighted by atomic mass is 10.1. The Morgan fingerprint density at radius 2 is 1.88 bits per heavy atom. The number of nitrogens with one attached hydrogen (secondary N) is 1. The van der Waals surface area contributed by atoms with E-state index in [4.69, 9.17) is 0 Å². The molecule has 3 rings (SSSR count). The molecule has 0 bridgehead atoms. The topological polar surface area (TPSA) is 66.4 Å². The van der Waals surface area contributed by atoms with Gasteiger partial charge in [0, 0.05) is 11.1 Å². The monoisotopic (exact) mass is 343 g/mol. The third kappa shape index (κ3) is 3.60. The fourth-order valence-corrected chi connectivity index (χ4v) is 3.39. The molecule has 1 unspecified atom stereocenters. The summed E-state index contributed by atoms with van der Waals surface area (Å²) < 4.78 is 13.9. The highest BCUT2D eigenvalue weighted by Crippen LogP contribution is 2.26. The first-order chi connectivity index (χ1) is 11.5. The minimum absolute atomic E-state index is 0.196. The summed E-state index contributed by atoms with van der Waals surface area (Å²) in [6.45, 7) is 0. The second-order valence-electron chi connectivity index (χ2n) is 5.35. The number of thiophene rings is 1. The fraction of sp³-hybridized carbons (Fsp3) is 0.111. The summed E-state index contributed by atoms with van der Waals surface area (Å²) in [5.41, 5.74) is 0.823. The molecule has 1 aromatic heterocycles. The van der Waals surface area contributed by atoms with Crippen LogP contribution in [0.25, 0.3) is 10.1 Å². The number of carboxylic acids is 1. The third-order valence-electron chi connectivity index (χ3n) is 3.59. The summed E-state index contributed by atoms with van der Waals surface area (Å²) in [5.74, 6) is -1.94. The lowest BCUT2D eigenvalue weighted by Gasteiger charge is -2.14. The SMILES string of the molecule is O=C(NC(Cc1ccccc1)C(=O)O)c1cc2ccc(F)cc2s1. The maximum absolute atomic E-state index is 13.2. The van der Waals surface area contributed by atoms with E-state index in [2.05, 4.69) is 5.32 Å². The maximum atomic E-state index is 13.2. The minimum Gasteiger partial charge on any atom is -0.480 e. The Kier molecular flexibility index (Phi) is 4.57. The Hall–Kier alpha value is -2.73. The summed E-state index contributed by atoms with van der Waals surface area (Å²) in [7, 11) is 0. The zero-order chi connectivity index (χ0) is 17.1. The number of halogens is 1. The van der Waals surface area contributed by atoms with Crippen molar-refractivity contribution in [3.05, 3.63) is 70.9 Å². The van der Waals surface area contributed by atoms with Crippen molar-refractivity contribution in [1.29, 1.82) is 0 Å². The van der Waals surface area contributed by atoms with Crippen LogP contribution in [0.1, 0.15) is 15.2 Å². The fourth-order valence-electron chi connectivity index (χ4n) is 2.40. The number of carboxylic acid groups (broad SMARTS) is 1. The molecule has 0 saturated carbocycles. The van der Waals surface area contributed by atoms with E-state index in [0.717, 1.165) is 22.3 Å². The van der Waals surface area contributed by atoms with Crippen LogP contribution in [-0.2, 0) is 11.2 Å². The molecule has 1 amide bonds. The zero-order valence-electron chi connectivity index (χ0n) is 12.5. The first kappa shape index (κ1) is 16.1. The van der Waals surface area contributed by atoms with Crippen molar-refractivity contribution in [3.63, 3.8) is 0 Å². The minimum atomic E-state index is -1.10. The second kappa shape index (κ2) is 6.80. The molecule has 0 spiro atoms. The van der Waals surface area contributed by atoms with E-state index < -0.39 is 17.9 Å². The zero-order valence-corrected chi connectivity index (χ0v) is 13.3. The van der Waals surface area contributed by atoms with Gasteiger partial charge in [0.25, 0.3) is 5.91 Å². The van der Waals surface area contributed by atoms with Gasteiger partial charge in [-0.1, -0.05) is 36.4 Å². The van der Waals surface area contributed by atoms with Crippen LogP contribution in [-0.4, -0.2) is 23.0 Å². The molecule has 0 aliphatic rings. The van der Waals surface area contributed by atoms with Gasteiger partial charge in [-0.15, -0.1) is 11.3 Å². The van der Waals surface area contributed by atoms with Gasteiger partial charge in [0.1, 0.15) is 11.9 Å². The molecule has 2 aromatic carbocycles. The van der Waals surface area contributed by atoms with Crippen LogP contribution < -0.4 is 5.32 Å². The molecule has 0 aliphatic carbocycles. The van der Waals surface area contributed by atoms with Gasteiger partial charge < -0.3 is 10.4 Å². The number of benzene rings is 2. The first-order valence-corrected chi connectivity index (χ1v) is 8.11. The van der Waals surface area contributed by atoms with E-state index in [-0.39, 0.29) is 12.2 Å². The standard InChI is InChI=1S/C18H14FNO3S/c19-13-7-6-12-9-16(24-15(12)10-13)17(21)20-14(18(22)23)8-11-4-2-1-3-5-11/h1-7,9-10,14H,8H2,(H,20,21)(H,22,23). The summed E-state index contributed by atoms with van der Waals surface area (Å²) in [6, 6.07) is 14.0. The normalized spacial score (nSPS) is 12.0. The molecule has 0 aliphatic heterocycles. The van der Waals surface area contributed by atoms with Crippen molar-refractivity contribution in [1.82, 2.24) is 5.32 Å². The van der Waals surface area contributed by atoms with Gasteiger partial charge in [-0.05, 0) is 29.1 Å². The Morgan fingerprint density at radius 1 is 1.12 bits per heavy atom. The molecule has 0 fully saturated rings. The molecule has 0 radical (unpaired) electrons. The van der Waals surface area contributed by atoms with E-state index in [1.807, 2.05) is 30.3 Å². The van der Waals surface area contributed by atoms with E-state index in [1.165, 1.54) is 12.1 Å². The van der Waals surface area contributed by atoms with E-state index in [9.17, 15) is 19.1 Å². The Morgan fingerprint density at radius 3 is 2.58 bits per heavy atom. The number of hydrogen-bond donors (Lipinski definition) is 2. The number of fused-ring (bicyclic) bond motifs is 1. The quantitative estimate of drug-likeness (QED) is 0.745. The number of carbonyl (C=O) groups is 2. The predicted octanol–water partition coefficient (Wildman–Crippen LogP) is 3.47. The molecule has 24 heavy (non-hydrogen) atoms. The molecule has 3 aromatic rings. The molecule has 6 heteroatoms. The van der Waals surface area contributed by atoms with Crippen molar-refractivity contribution in [3.8, 4) is 0 Å². The Labute approximate surface area is 141 Å². The number of aliphatic carboxylic acids is 1. The maximum Gasteiger partial charge on any atom is 0.326 e. The molecule has 1 heterocycles. The molecule has 2 N–H and O–H groups in total. The molecule has 4 nitrogen and oxygen atoms in total. The van der Waals surface area contributed by atoms with Crippen LogP contribution in [0.3, 0.4) is 0 Å². The van der Waals surface area contributed by atoms with Crippen molar-refractivity contribution >= 4 is 33.3 Å². The van der Waals surface area contributed by atoms with Crippen LogP contribution in [0, 0.1) is 5.82 Å². The Balaban J connectivity index is 1.78. The van der Waals surface area contributed by atoms with Gasteiger partial charge >= 0.3 is 5.97 Å². The van der Waals surface area contributed by atoms with Gasteiger partial charge in [-0.2, -0.15) is 0 Å². The predicted molar refractivity (Wildman–Crippen MR) is 90.8 cm³/mol. The van der Waals surface area contributed by atoms with Crippen molar-refractivity contribution in [2.45, 2.75) is 12.5 Å². The van der Waals surface area contributed by atoms with Crippen LogP contribution in [0.4, 0.5) is 4.39 Å². The number of rotatable bonds is 5. The Bertz CT molecular complexity index is 892. The highest BCUT2D eigenvalue weighted by molar-refractivity contribution is 7.20. The van der Waals surface area contributed by atoms with Crippen LogP contribution in [0.5, 0.6) is 0 Å². The van der Waals surface area contributed by atoms with Crippen molar-refractivity contribution in [2.24, 2.45) is 0 Å². The highest BCUT2D eigenvalue weighted by atomic mass is 32.1. The second-order valence-corrected chi connectivity index (χ2v) is 6.43. The molecular formula is C18H14FNO3S. The van der Waals surface area contributed by atoms with Gasteiger partial charge in [0.2, 0.25) is 0 Å². The van der Waals surface area contributed by atoms with E-state index in [1.54, 1.807) is 12.1 Å². The van der Waals surface area contributed by atoms with Gasteiger partial charge in [0.15, 0.2) is 0 Å². The number of carbonyl (C=O) groups excluding carboxylic acids is 1. The van der Waals surface area contributed by atoms with Crippen molar-refractivity contribution < 1.29 is 19.1 Å². The van der Waals surface area contributed by atoms with Crippen molar-refractivity contribution in [2.75, 3.05) is 0 Å². The highest BCUT2D eigenvalue weighted by Gasteiger charge is 2.22. The molecule has 0 saturated heterocycles. The van der Waals surface area contributed by atoms with Crippen LogP contribution >= 0.6 is 11.3 Å². The van der Waals surface area contributed by atoms with Crippen LogP contribution in [0.2, 0.25) is 0 Å². The summed E-state index contributed by atoms with van der Waals surface area (Å²) >= 11 is 1.13. The smallest absolute Gasteiger partial charge is 0.326 e. The largest absolute Gasteiger partial charge is 0.480 e. The van der Waals surface area contributed by atoms with Gasteiger partial charge in [-0.3, -0.25) is 4.79 Å². The van der Waals surface area contributed by atoms with E-state index >= 15 is 0 Å². The summed E-state index contributed by atoms with van der Waals surface area (Å²) in [4.78, 5) is 24.1. The number of amides is 1. The lowest BCUT2D eigenvalue weighted by Crippen LogP contribution is -2.42. The van der Waals surface area contributed by atoms with Crippen LogP contribution in [0.15, 0.2) is 54.6 Å². The summed E-state index contributed by atoms with van der Waals surface area (Å²) in [5, 5.41) is 12.6. The molecule has 1 atom stereocenters. The summed E-state index contributed by atoms with van der Waals surface area (Å²) in [6.07, 6.45) is 0.196. The molecular weight excluding hydrogens is 329 g/mol. The van der Waals surface area contributed by atoms with Gasteiger partial charge in [-0.25, -0.2) is 9.18 Å². The first-order valence-electron chi connectivity index (χ1n) is 7.29. The average molecular weight is 343 g/mol. The molecule has 122 valence electrons. The average Bonchev–Trinajstić information content (AvgIpc) is 2.98. The van der Waals surface area contributed by atoms with E-state index in [0.29, 0.717) is 9.58 Å².